The van der Waals surface area contributed by atoms with Crippen LogP contribution in [0.3, 0.4) is 0 Å². The molecule has 1 saturated heterocycles. The van der Waals surface area contributed by atoms with E-state index in [1.165, 1.54) is 38.5 Å². The van der Waals surface area contributed by atoms with Crippen molar-refractivity contribution in [2.45, 2.75) is 65.2 Å². The maximum atomic E-state index is 11.8. The molecule has 94 valence electrons. The molecule has 0 aliphatic carbocycles. The van der Waals surface area contributed by atoms with Crippen LogP contribution in [0.15, 0.2) is 0 Å². The minimum atomic E-state index is 0.333. The fourth-order valence-electron chi connectivity index (χ4n) is 2.49. The molecule has 1 aliphatic heterocycles. The molecule has 0 spiro atoms. The van der Waals surface area contributed by atoms with Gasteiger partial charge >= 0.3 is 0 Å². The molecule has 0 bridgehead atoms. The fraction of sp³-hybridized carbons (Fsp3) is 0.929. The van der Waals surface area contributed by atoms with E-state index in [9.17, 15) is 4.79 Å². The number of nitrogens with zero attached hydrogens (tertiary/aromatic N) is 1. The first-order valence-electron chi connectivity index (χ1n) is 7.08. The van der Waals surface area contributed by atoms with Gasteiger partial charge in [-0.05, 0) is 19.3 Å². The van der Waals surface area contributed by atoms with Gasteiger partial charge in [-0.15, -0.1) is 0 Å². The fourth-order valence-corrected chi connectivity index (χ4v) is 2.49. The molecule has 1 fully saturated rings. The number of likely N-dealkylation sites (tertiary alicyclic amines) is 1. The summed E-state index contributed by atoms with van der Waals surface area (Å²) < 4.78 is 0. The molecule has 1 unspecified atom stereocenters. The van der Waals surface area contributed by atoms with E-state index in [4.69, 9.17) is 0 Å². The zero-order chi connectivity index (χ0) is 11.8. The summed E-state index contributed by atoms with van der Waals surface area (Å²) in [6.07, 6.45) is 9.97. The van der Waals surface area contributed by atoms with Gasteiger partial charge in [-0.2, -0.15) is 0 Å². The van der Waals surface area contributed by atoms with Gasteiger partial charge in [0.25, 0.3) is 0 Å². The van der Waals surface area contributed by atoms with Crippen molar-refractivity contribution in [2.75, 3.05) is 13.1 Å². The second kappa shape index (κ2) is 7.70. The first-order chi connectivity index (χ1) is 7.79. The Morgan fingerprint density at radius 3 is 2.44 bits per heavy atom. The molecular formula is C14H27NO. The minimum Gasteiger partial charge on any atom is -0.342 e. The molecule has 0 aromatic heterocycles. The Balaban J connectivity index is 2.03. The van der Waals surface area contributed by atoms with Crippen LogP contribution >= 0.6 is 0 Å². The lowest BCUT2D eigenvalue weighted by molar-refractivity contribution is -0.131. The Hall–Kier alpha value is -0.530. The quantitative estimate of drug-likeness (QED) is 0.578. The number of unbranched alkanes of at least 4 members (excludes halogenated alkanes) is 5. The Labute approximate surface area is 100 Å². The molecule has 0 radical (unpaired) electrons. The molecule has 16 heavy (non-hydrogen) atoms. The summed E-state index contributed by atoms with van der Waals surface area (Å²) in [4.78, 5) is 13.9. The van der Waals surface area contributed by atoms with E-state index in [1.54, 1.807) is 0 Å². The van der Waals surface area contributed by atoms with Gasteiger partial charge in [0.1, 0.15) is 0 Å². The van der Waals surface area contributed by atoms with Gasteiger partial charge in [0.15, 0.2) is 0 Å². The molecule has 0 N–H and O–H groups in total. The van der Waals surface area contributed by atoms with E-state index in [1.807, 2.05) is 0 Å². The molecule has 1 aliphatic rings. The maximum absolute atomic E-state index is 11.8. The van der Waals surface area contributed by atoms with Crippen LogP contribution in [0.1, 0.15) is 65.2 Å². The van der Waals surface area contributed by atoms with E-state index in [0.717, 1.165) is 25.9 Å². The summed E-state index contributed by atoms with van der Waals surface area (Å²) in [6, 6.07) is 0. The summed E-state index contributed by atoms with van der Waals surface area (Å²) in [5.41, 5.74) is 0. The van der Waals surface area contributed by atoms with Gasteiger partial charge in [-0.3, -0.25) is 4.79 Å². The van der Waals surface area contributed by atoms with Crippen LogP contribution in [0.2, 0.25) is 0 Å². The number of rotatable bonds is 8. The summed E-state index contributed by atoms with van der Waals surface area (Å²) in [5.74, 6) is 0.746. The summed E-state index contributed by atoms with van der Waals surface area (Å²) in [7, 11) is 0. The SMILES string of the molecule is CCCCCCCCN1CCC(CC)C1=O. The third-order valence-electron chi connectivity index (χ3n) is 3.68. The Kier molecular flexibility index (Phi) is 6.51. The Morgan fingerprint density at radius 1 is 1.12 bits per heavy atom. The average Bonchev–Trinajstić information content (AvgIpc) is 2.65. The van der Waals surface area contributed by atoms with Crippen LogP contribution in [0.4, 0.5) is 0 Å². The standard InChI is InChI=1S/C14H27NO/c1-3-5-6-7-8-9-11-15-12-10-13(4-2)14(15)16/h13H,3-12H2,1-2H3. The lowest BCUT2D eigenvalue weighted by atomic mass is 10.1. The van der Waals surface area contributed by atoms with Crippen LogP contribution in [-0.4, -0.2) is 23.9 Å². The van der Waals surface area contributed by atoms with Crippen LogP contribution in [0.25, 0.3) is 0 Å². The third-order valence-corrected chi connectivity index (χ3v) is 3.68. The van der Waals surface area contributed by atoms with Crippen molar-refractivity contribution in [2.24, 2.45) is 5.92 Å². The number of carbonyl (C=O) groups excluding carboxylic acids is 1. The van der Waals surface area contributed by atoms with Crippen molar-refractivity contribution in [1.29, 1.82) is 0 Å². The second-order valence-corrected chi connectivity index (χ2v) is 4.99. The van der Waals surface area contributed by atoms with Crippen molar-refractivity contribution < 1.29 is 4.79 Å². The minimum absolute atomic E-state index is 0.333. The van der Waals surface area contributed by atoms with E-state index in [2.05, 4.69) is 18.7 Å². The van der Waals surface area contributed by atoms with Crippen LogP contribution in [0, 0.1) is 5.92 Å². The van der Waals surface area contributed by atoms with Gasteiger partial charge in [-0.1, -0.05) is 46.0 Å². The lowest BCUT2D eigenvalue weighted by Crippen LogP contribution is -2.28. The highest BCUT2D eigenvalue weighted by molar-refractivity contribution is 5.80. The van der Waals surface area contributed by atoms with E-state index in [-0.39, 0.29) is 0 Å². The molecule has 0 aromatic carbocycles. The average molecular weight is 225 g/mol. The molecule has 1 atom stereocenters. The smallest absolute Gasteiger partial charge is 0.225 e. The van der Waals surface area contributed by atoms with Crippen LogP contribution in [0.5, 0.6) is 0 Å². The number of amides is 1. The first-order valence-corrected chi connectivity index (χ1v) is 7.08. The summed E-state index contributed by atoms with van der Waals surface area (Å²) in [6.45, 7) is 6.37. The van der Waals surface area contributed by atoms with Crippen molar-refractivity contribution in [3.8, 4) is 0 Å². The monoisotopic (exact) mass is 225 g/mol. The molecule has 1 rings (SSSR count). The number of hydrogen-bond donors (Lipinski definition) is 0. The molecule has 2 heteroatoms. The number of carbonyl (C=O) groups is 1. The van der Waals surface area contributed by atoms with Crippen LogP contribution in [-0.2, 0) is 4.79 Å². The van der Waals surface area contributed by atoms with Crippen LogP contribution < -0.4 is 0 Å². The van der Waals surface area contributed by atoms with Crippen molar-refractivity contribution in [3.05, 3.63) is 0 Å². The Bertz CT molecular complexity index is 203. The van der Waals surface area contributed by atoms with Crippen molar-refractivity contribution >= 4 is 5.91 Å². The predicted molar refractivity (Wildman–Crippen MR) is 68.4 cm³/mol. The lowest BCUT2D eigenvalue weighted by Gasteiger charge is -2.16. The van der Waals surface area contributed by atoms with Gasteiger partial charge in [0.05, 0.1) is 0 Å². The van der Waals surface area contributed by atoms with E-state index >= 15 is 0 Å². The molecule has 2 nitrogen and oxygen atoms in total. The van der Waals surface area contributed by atoms with E-state index in [0.29, 0.717) is 11.8 Å². The topological polar surface area (TPSA) is 20.3 Å². The van der Waals surface area contributed by atoms with Gasteiger partial charge in [0.2, 0.25) is 5.91 Å². The molecular weight excluding hydrogens is 198 g/mol. The molecule has 0 aromatic rings. The normalized spacial score (nSPS) is 20.8. The first kappa shape index (κ1) is 13.5. The highest BCUT2D eigenvalue weighted by Gasteiger charge is 2.29. The Morgan fingerprint density at radius 2 is 1.81 bits per heavy atom. The molecule has 1 amide bonds. The molecule has 1 heterocycles. The zero-order valence-electron chi connectivity index (χ0n) is 11.0. The second-order valence-electron chi connectivity index (χ2n) is 4.99. The third kappa shape index (κ3) is 4.15. The summed E-state index contributed by atoms with van der Waals surface area (Å²) >= 11 is 0. The van der Waals surface area contributed by atoms with Gasteiger partial charge < -0.3 is 4.90 Å². The highest BCUT2D eigenvalue weighted by Crippen LogP contribution is 2.21. The highest BCUT2D eigenvalue weighted by atomic mass is 16.2. The predicted octanol–water partition coefficient (Wildman–Crippen LogP) is 3.61. The van der Waals surface area contributed by atoms with Crippen molar-refractivity contribution in [3.63, 3.8) is 0 Å². The summed E-state index contributed by atoms with van der Waals surface area (Å²) in [5, 5.41) is 0. The van der Waals surface area contributed by atoms with E-state index < -0.39 is 0 Å². The van der Waals surface area contributed by atoms with Gasteiger partial charge in [0, 0.05) is 19.0 Å². The molecule has 0 saturated carbocycles. The number of hydrogen-bond acceptors (Lipinski definition) is 1. The maximum Gasteiger partial charge on any atom is 0.225 e. The van der Waals surface area contributed by atoms with Crippen molar-refractivity contribution in [1.82, 2.24) is 4.90 Å². The zero-order valence-corrected chi connectivity index (χ0v) is 11.0. The largest absolute Gasteiger partial charge is 0.342 e. The van der Waals surface area contributed by atoms with Gasteiger partial charge in [-0.25, -0.2) is 0 Å².